The van der Waals surface area contributed by atoms with Crippen LogP contribution < -0.4 is 25.8 Å². The van der Waals surface area contributed by atoms with Crippen molar-refractivity contribution in [2.75, 3.05) is 59.1 Å². The zero-order chi connectivity index (χ0) is 27.9. The molecule has 1 saturated heterocycles. The van der Waals surface area contributed by atoms with E-state index in [2.05, 4.69) is 15.3 Å². The molecule has 1 fully saturated rings. The Labute approximate surface area is 222 Å². The Morgan fingerprint density at radius 3 is 2.59 bits per heavy atom. The summed E-state index contributed by atoms with van der Waals surface area (Å²) in [5.74, 6) is -0.248. The van der Waals surface area contributed by atoms with Crippen molar-refractivity contribution >= 4 is 40.8 Å². The van der Waals surface area contributed by atoms with E-state index in [-0.39, 0.29) is 24.1 Å². The van der Waals surface area contributed by atoms with Gasteiger partial charge in [-0.1, -0.05) is 6.07 Å². The van der Waals surface area contributed by atoms with Crippen LogP contribution in [0.5, 0.6) is 0 Å². The number of rotatable bonds is 4. The van der Waals surface area contributed by atoms with E-state index in [1.54, 1.807) is 36.3 Å². The predicted octanol–water partition coefficient (Wildman–Crippen LogP) is 4.05. The predicted molar refractivity (Wildman–Crippen MR) is 140 cm³/mol. The van der Waals surface area contributed by atoms with Crippen LogP contribution in [0.15, 0.2) is 42.6 Å². The maximum absolute atomic E-state index is 13.7. The minimum atomic E-state index is -4.63. The molecule has 2 aromatic carbocycles. The molecule has 1 aromatic heterocycles. The van der Waals surface area contributed by atoms with Crippen LogP contribution in [0.2, 0.25) is 0 Å². The van der Waals surface area contributed by atoms with E-state index in [0.29, 0.717) is 54.7 Å². The van der Waals surface area contributed by atoms with Gasteiger partial charge in [-0.25, -0.2) is 9.78 Å². The van der Waals surface area contributed by atoms with Crippen LogP contribution in [0.1, 0.15) is 27.0 Å². The number of urea groups is 1. The average molecular weight is 542 g/mol. The molecule has 10 nitrogen and oxygen atoms in total. The minimum absolute atomic E-state index is 0.0501. The first kappa shape index (κ1) is 26.2. The molecule has 0 atom stereocenters. The maximum Gasteiger partial charge on any atom is 0.416 e. The average Bonchev–Trinajstić information content (AvgIpc) is 2.92. The second-order valence-electron chi connectivity index (χ2n) is 9.33. The van der Waals surface area contributed by atoms with Crippen molar-refractivity contribution < 1.29 is 27.5 Å². The highest BCUT2D eigenvalue weighted by Crippen LogP contribution is 2.35. The maximum atomic E-state index is 13.7. The number of alkyl halides is 3. The van der Waals surface area contributed by atoms with Crippen LogP contribution in [0.4, 0.5) is 46.8 Å². The molecular formula is C26H26F3N7O3. The standard InChI is InChI=1S/C26H26F3N7O3/c1-15-3-4-19(12-21(15)36-14-17-13-31-24(30)33-22(17)34(2)25(36)38)32-23(37)16-9-18(26(27,28)29)11-20(10-16)35-5-7-39-8-6-35/h3-4,9-13H,5-8,14H2,1-2H3,(H,32,37)(H2,30,31,33). The van der Waals surface area contributed by atoms with Crippen LogP contribution in [-0.4, -0.2) is 55.3 Å². The van der Waals surface area contributed by atoms with E-state index in [1.165, 1.54) is 15.9 Å². The first-order valence-electron chi connectivity index (χ1n) is 12.1. The van der Waals surface area contributed by atoms with Crippen LogP contribution in [0.25, 0.3) is 0 Å². The molecule has 0 aliphatic carbocycles. The highest BCUT2D eigenvalue weighted by atomic mass is 19.4. The Morgan fingerprint density at radius 1 is 1.13 bits per heavy atom. The van der Waals surface area contributed by atoms with E-state index in [4.69, 9.17) is 10.5 Å². The van der Waals surface area contributed by atoms with Gasteiger partial charge >= 0.3 is 12.2 Å². The number of aryl methyl sites for hydroxylation is 1. The number of morpholine rings is 1. The molecule has 0 radical (unpaired) electrons. The molecule has 3 heterocycles. The molecule has 3 amide bonds. The second-order valence-corrected chi connectivity index (χ2v) is 9.33. The third kappa shape index (κ3) is 5.30. The van der Waals surface area contributed by atoms with E-state index < -0.39 is 17.6 Å². The van der Waals surface area contributed by atoms with E-state index >= 15 is 0 Å². The molecule has 39 heavy (non-hydrogen) atoms. The summed E-state index contributed by atoms with van der Waals surface area (Å²) in [5.41, 5.74) is 7.20. The van der Waals surface area contributed by atoms with Crippen LogP contribution >= 0.6 is 0 Å². The Kier molecular flexibility index (Phi) is 6.76. The van der Waals surface area contributed by atoms with Gasteiger partial charge in [-0.15, -0.1) is 0 Å². The molecule has 3 aromatic rings. The molecule has 2 aliphatic heterocycles. The number of carbonyl (C=O) groups is 2. The number of ether oxygens (including phenoxy) is 1. The molecule has 13 heteroatoms. The zero-order valence-corrected chi connectivity index (χ0v) is 21.2. The number of nitrogens with one attached hydrogen (secondary N) is 1. The number of fused-ring (bicyclic) bond motifs is 1. The molecule has 2 aliphatic rings. The van der Waals surface area contributed by atoms with Gasteiger partial charge in [0.1, 0.15) is 5.82 Å². The van der Waals surface area contributed by atoms with Crippen LogP contribution in [0.3, 0.4) is 0 Å². The summed E-state index contributed by atoms with van der Waals surface area (Å²) in [6.45, 7) is 3.60. The van der Waals surface area contributed by atoms with Gasteiger partial charge in [-0.3, -0.25) is 14.6 Å². The van der Waals surface area contributed by atoms with Crippen molar-refractivity contribution in [3.05, 3.63) is 64.8 Å². The summed E-state index contributed by atoms with van der Waals surface area (Å²) in [5, 5.41) is 2.68. The fourth-order valence-electron chi connectivity index (χ4n) is 4.60. The summed E-state index contributed by atoms with van der Waals surface area (Å²) in [7, 11) is 1.57. The number of anilines is 5. The lowest BCUT2D eigenvalue weighted by atomic mass is 10.1. The topological polar surface area (TPSA) is 117 Å². The van der Waals surface area contributed by atoms with Crippen LogP contribution in [-0.2, 0) is 17.5 Å². The minimum Gasteiger partial charge on any atom is -0.378 e. The second kappa shape index (κ2) is 10.1. The number of nitrogens with zero attached hydrogens (tertiary/aromatic N) is 5. The molecule has 0 saturated carbocycles. The summed E-state index contributed by atoms with van der Waals surface area (Å²) in [6.07, 6.45) is -3.08. The molecule has 0 spiro atoms. The number of aromatic nitrogens is 2. The number of carbonyl (C=O) groups excluding carboxylic acids is 2. The van der Waals surface area contributed by atoms with Gasteiger partial charge in [-0.2, -0.15) is 18.2 Å². The first-order valence-corrected chi connectivity index (χ1v) is 12.1. The number of nitrogen functional groups attached to an aromatic ring is 1. The van der Waals surface area contributed by atoms with Gasteiger partial charge < -0.3 is 20.7 Å². The molecule has 5 rings (SSSR count). The molecule has 204 valence electrons. The highest BCUT2D eigenvalue weighted by Gasteiger charge is 2.33. The smallest absolute Gasteiger partial charge is 0.378 e. The highest BCUT2D eigenvalue weighted by molar-refractivity contribution is 6.07. The molecule has 0 bridgehead atoms. The fraction of sp³-hybridized carbons (Fsp3) is 0.308. The van der Waals surface area contributed by atoms with E-state index in [0.717, 1.165) is 17.7 Å². The number of hydrogen-bond acceptors (Lipinski definition) is 7. The molecule has 3 N–H and O–H groups in total. The number of amides is 3. The van der Waals surface area contributed by atoms with Crippen molar-refractivity contribution in [1.82, 2.24) is 9.97 Å². The molecular weight excluding hydrogens is 515 g/mol. The van der Waals surface area contributed by atoms with Crippen molar-refractivity contribution in [3.63, 3.8) is 0 Å². The van der Waals surface area contributed by atoms with E-state index in [1.807, 2.05) is 6.92 Å². The van der Waals surface area contributed by atoms with Gasteiger partial charge in [0.25, 0.3) is 5.91 Å². The Hall–Kier alpha value is -4.39. The largest absolute Gasteiger partial charge is 0.416 e. The number of benzene rings is 2. The quantitative estimate of drug-likeness (QED) is 0.512. The van der Waals surface area contributed by atoms with Crippen molar-refractivity contribution in [2.45, 2.75) is 19.6 Å². The first-order chi connectivity index (χ1) is 18.5. The van der Waals surface area contributed by atoms with Gasteiger partial charge in [0.05, 0.1) is 31.0 Å². The number of nitrogens with two attached hydrogens (primary N) is 1. The Morgan fingerprint density at radius 2 is 1.87 bits per heavy atom. The third-order valence-corrected chi connectivity index (χ3v) is 6.67. The summed E-state index contributed by atoms with van der Waals surface area (Å²) in [6, 6.07) is 7.91. The lowest BCUT2D eigenvalue weighted by Crippen LogP contribution is -2.46. The summed E-state index contributed by atoms with van der Waals surface area (Å²) < 4.78 is 46.3. The monoisotopic (exact) mass is 541 g/mol. The number of hydrogen-bond donors (Lipinski definition) is 2. The molecule has 0 unspecified atom stereocenters. The van der Waals surface area contributed by atoms with Gasteiger partial charge in [-0.05, 0) is 42.8 Å². The van der Waals surface area contributed by atoms with Crippen molar-refractivity contribution in [2.24, 2.45) is 0 Å². The Balaban J connectivity index is 1.43. The van der Waals surface area contributed by atoms with Gasteiger partial charge in [0.2, 0.25) is 5.95 Å². The van der Waals surface area contributed by atoms with Crippen LogP contribution in [0, 0.1) is 6.92 Å². The lowest BCUT2D eigenvalue weighted by Gasteiger charge is -2.34. The SMILES string of the molecule is Cc1ccc(NC(=O)c2cc(N3CCOCC3)cc(C(F)(F)F)c2)cc1N1Cc2cnc(N)nc2N(C)C1=O. The van der Waals surface area contributed by atoms with Crippen molar-refractivity contribution in [3.8, 4) is 0 Å². The normalized spacial score (nSPS) is 15.8. The zero-order valence-electron chi connectivity index (χ0n) is 21.2. The third-order valence-electron chi connectivity index (χ3n) is 6.67. The van der Waals surface area contributed by atoms with Crippen molar-refractivity contribution in [1.29, 1.82) is 0 Å². The summed E-state index contributed by atoms with van der Waals surface area (Å²) in [4.78, 5) is 39.1. The van der Waals surface area contributed by atoms with Gasteiger partial charge in [0, 0.05) is 48.8 Å². The Bertz CT molecular complexity index is 1440. The van der Waals surface area contributed by atoms with Gasteiger partial charge in [0.15, 0.2) is 0 Å². The number of halogens is 3. The van der Waals surface area contributed by atoms with E-state index in [9.17, 15) is 22.8 Å². The summed E-state index contributed by atoms with van der Waals surface area (Å²) >= 11 is 0. The fourth-order valence-corrected chi connectivity index (χ4v) is 4.60. The lowest BCUT2D eigenvalue weighted by molar-refractivity contribution is -0.137.